The first kappa shape index (κ1) is 21.9. The van der Waals surface area contributed by atoms with Crippen molar-refractivity contribution in [2.75, 3.05) is 13.6 Å². The van der Waals surface area contributed by atoms with Crippen molar-refractivity contribution in [2.24, 2.45) is 16.8 Å². The van der Waals surface area contributed by atoms with E-state index in [9.17, 15) is 0 Å². The lowest BCUT2D eigenvalue weighted by molar-refractivity contribution is 0.250. The van der Waals surface area contributed by atoms with E-state index in [4.69, 9.17) is 0 Å². The molecule has 2 aromatic rings. The van der Waals surface area contributed by atoms with Crippen molar-refractivity contribution in [3.8, 4) is 0 Å². The van der Waals surface area contributed by atoms with E-state index < -0.39 is 0 Å². The molecule has 2 N–H and O–H groups in total. The average molecular weight is 484 g/mol. The van der Waals surface area contributed by atoms with Crippen LogP contribution in [0.5, 0.6) is 0 Å². The predicted octanol–water partition coefficient (Wildman–Crippen LogP) is 3.66. The van der Waals surface area contributed by atoms with Crippen molar-refractivity contribution >= 4 is 35.6 Å². The Labute approximate surface area is 179 Å². The van der Waals surface area contributed by atoms with Crippen molar-refractivity contribution < 1.29 is 0 Å². The van der Waals surface area contributed by atoms with Crippen LogP contribution in [0.25, 0.3) is 5.65 Å². The molecule has 2 heterocycles. The fourth-order valence-electron chi connectivity index (χ4n) is 3.83. The summed E-state index contributed by atoms with van der Waals surface area (Å²) in [4.78, 5) is 4.38. The van der Waals surface area contributed by atoms with E-state index in [1.54, 1.807) is 0 Å². The van der Waals surface area contributed by atoms with Gasteiger partial charge in [-0.1, -0.05) is 19.9 Å². The number of guanidine groups is 1. The van der Waals surface area contributed by atoms with Crippen LogP contribution in [0.15, 0.2) is 29.4 Å². The first-order valence-electron chi connectivity index (χ1n) is 9.93. The van der Waals surface area contributed by atoms with Gasteiger partial charge >= 0.3 is 0 Å². The number of nitrogens with one attached hydrogen (secondary N) is 2. The van der Waals surface area contributed by atoms with Gasteiger partial charge in [-0.3, -0.25) is 9.39 Å². The van der Waals surface area contributed by atoms with Crippen LogP contribution in [0, 0.1) is 11.8 Å². The highest BCUT2D eigenvalue weighted by molar-refractivity contribution is 14.0. The standard InChI is InChI=1S/C20H32N6.HI/c1-15(2)16-9-11-17(12-10-16)23-20(21-3)22-13-6-8-19-25-24-18-7-4-5-14-26(18)19;/h4-5,7,14-17H,6,8-13H2,1-3H3,(H2,21,22,23);1H. The fraction of sp³-hybridized carbons (Fsp3) is 0.650. The van der Waals surface area contributed by atoms with E-state index in [0.29, 0.717) is 6.04 Å². The van der Waals surface area contributed by atoms with Gasteiger partial charge in [0.25, 0.3) is 0 Å². The second-order valence-electron chi connectivity index (χ2n) is 7.65. The Bertz CT molecular complexity index is 718. The fourth-order valence-corrected chi connectivity index (χ4v) is 3.83. The van der Waals surface area contributed by atoms with Crippen molar-refractivity contribution in [3.05, 3.63) is 30.2 Å². The summed E-state index contributed by atoms with van der Waals surface area (Å²) >= 11 is 0. The maximum atomic E-state index is 4.38. The Morgan fingerprint density at radius 3 is 2.70 bits per heavy atom. The van der Waals surface area contributed by atoms with Crippen LogP contribution in [0.1, 0.15) is 51.8 Å². The summed E-state index contributed by atoms with van der Waals surface area (Å²) in [5.41, 5.74) is 0.907. The number of fused-ring (bicyclic) bond motifs is 1. The summed E-state index contributed by atoms with van der Waals surface area (Å²) in [5, 5.41) is 15.5. The molecule has 0 aromatic carbocycles. The quantitative estimate of drug-likeness (QED) is 0.284. The van der Waals surface area contributed by atoms with E-state index in [1.165, 1.54) is 25.7 Å². The van der Waals surface area contributed by atoms with Crippen LogP contribution >= 0.6 is 24.0 Å². The predicted molar refractivity (Wildman–Crippen MR) is 122 cm³/mol. The molecule has 7 heteroatoms. The molecule has 150 valence electrons. The molecule has 1 aliphatic carbocycles. The molecule has 0 atom stereocenters. The van der Waals surface area contributed by atoms with E-state index in [0.717, 1.165) is 48.7 Å². The van der Waals surface area contributed by atoms with Gasteiger partial charge in [0.05, 0.1) is 0 Å². The molecule has 0 spiro atoms. The summed E-state index contributed by atoms with van der Waals surface area (Å²) in [5.74, 6) is 3.63. The maximum absolute atomic E-state index is 4.38. The lowest BCUT2D eigenvalue weighted by Crippen LogP contribution is -2.45. The highest BCUT2D eigenvalue weighted by Gasteiger charge is 2.23. The van der Waals surface area contributed by atoms with Gasteiger partial charge in [0.15, 0.2) is 11.6 Å². The first-order chi connectivity index (χ1) is 12.7. The number of halogens is 1. The van der Waals surface area contributed by atoms with Crippen molar-refractivity contribution in [1.29, 1.82) is 0 Å². The first-order valence-corrected chi connectivity index (χ1v) is 9.93. The average Bonchev–Trinajstić information content (AvgIpc) is 3.08. The van der Waals surface area contributed by atoms with Gasteiger partial charge < -0.3 is 10.6 Å². The molecule has 6 nitrogen and oxygen atoms in total. The zero-order valence-electron chi connectivity index (χ0n) is 16.7. The number of hydrogen-bond acceptors (Lipinski definition) is 3. The Morgan fingerprint density at radius 1 is 1.22 bits per heavy atom. The molecule has 1 aliphatic rings. The van der Waals surface area contributed by atoms with E-state index in [2.05, 4.69) is 44.1 Å². The summed E-state index contributed by atoms with van der Waals surface area (Å²) < 4.78 is 2.06. The Balaban J connectivity index is 0.00000261. The third-order valence-electron chi connectivity index (χ3n) is 5.53. The number of aliphatic imine (C=N–C) groups is 1. The number of aryl methyl sites for hydroxylation is 1. The van der Waals surface area contributed by atoms with Gasteiger partial charge in [0.1, 0.15) is 5.82 Å². The minimum atomic E-state index is 0. The van der Waals surface area contributed by atoms with Crippen LogP contribution in [-0.2, 0) is 6.42 Å². The van der Waals surface area contributed by atoms with Gasteiger partial charge in [-0.25, -0.2) is 0 Å². The highest BCUT2D eigenvalue weighted by Crippen LogP contribution is 2.29. The minimum Gasteiger partial charge on any atom is -0.356 e. The molecule has 1 saturated carbocycles. The topological polar surface area (TPSA) is 66.6 Å². The largest absolute Gasteiger partial charge is 0.356 e. The molecule has 0 bridgehead atoms. The van der Waals surface area contributed by atoms with Crippen LogP contribution in [-0.4, -0.2) is 40.2 Å². The Morgan fingerprint density at radius 2 is 2.00 bits per heavy atom. The SMILES string of the molecule is CN=C(NCCCc1nnc2ccccn12)NC1CCC(C(C)C)CC1.I. The smallest absolute Gasteiger partial charge is 0.191 e. The number of rotatable bonds is 6. The molecule has 2 aromatic heterocycles. The molecular formula is C20H33IN6. The van der Waals surface area contributed by atoms with E-state index in [-0.39, 0.29) is 24.0 Å². The Kier molecular flexibility index (Phi) is 8.79. The summed E-state index contributed by atoms with van der Waals surface area (Å²) in [7, 11) is 1.85. The van der Waals surface area contributed by atoms with Gasteiger partial charge in [-0.05, 0) is 56.1 Å². The minimum absolute atomic E-state index is 0. The lowest BCUT2D eigenvalue weighted by atomic mass is 9.80. The zero-order valence-corrected chi connectivity index (χ0v) is 19.0. The molecule has 0 aliphatic heterocycles. The highest BCUT2D eigenvalue weighted by atomic mass is 127. The molecule has 3 rings (SSSR count). The third kappa shape index (κ3) is 6.05. The zero-order chi connectivity index (χ0) is 18.4. The van der Waals surface area contributed by atoms with Crippen LogP contribution < -0.4 is 10.6 Å². The van der Waals surface area contributed by atoms with Gasteiger partial charge in [0.2, 0.25) is 0 Å². The summed E-state index contributed by atoms with van der Waals surface area (Å²) in [6, 6.07) is 6.53. The second kappa shape index (κ2) is 10.8. The van der Waals surface area contributed by atoms with Crippen molar-refractivity contribution in [2.45, 2.75) is 58.4 Å². The normalized spacial score (nSPS) is 20.5. The molecule has 0 amide bonds. The molecule has 0 saturated heterocycles. The molecule has 0 radical (unpaired) electrons. The molecular weight excluding hydrogens is 451 g/mol. The molecule has 1 fully saturated rings. The van der Waals surface area contributed by atoms with Crippen LogP contribution in [0.2, 0.25) is 0 Å². The van der Waals surface area contributed by atoms with Gasteiger partial charge in [-0.15, -0.1) is 34.2 Å². The van der Waals surface area contributed by atoms with Crippen molar-refractivity contribution in [3.63, 3.8) is 0 Å². The van der Waals surface area contributed by atoms with Crippen LogP contribution in [0.3, 0.4) is 0 Å². The maximum Gasteiger partial charge on any atom is 0.191 e. The second-order valence-corrected chi connectivity index (χ2v) is 7.65. The van der Waals surface area contributed by atoms with Gasteiger partial charge in [-0.2, -0.15) is 0 Å². The molecule has 27 heavy (non-hydrogen) atoms. The summed E-state index contributed by atoms with van der Waals surface area (Å²) in [6.07, 6.45) is 9.06. The Hall–Kier alpha value is -1.38. The number of pyridine rings is 1. The van der Waals surface area contributed by atoms with Crippen molar-refractivity contribution in [1.82, 2.24) is 25.2 Å². The third-order valence-corrected chi connectivity index (χ3v) is 5.53. The van der Waals surface area contributed by atoms with Gasteiger partial charge in [0, 0.05) is 32.3 Å². The number of hydrogen-bond donors (Lipinski definition) is 2. The number of aromatic nitrogens is 3. The van der Waals surface area contributed by atoms with E-state index >= 15 is 0 Å². The number of nitrogens with zero attached hydrogens (tertiary/aromatic N) is 4. The van der Waals surface area contributed by atoms with Crippen LogP contribution in [0.4, 0.5) is 0 Å². The lowest BCUT2D eigenvalue weighted by Gasteiger charge is -2.32. The summed E-state index contributed by atoms with van der Waals surface area (Å²) in [6.45, 7) is 5.57. The van der Waals surface area contributed by atoms with E-state index in [1.807, 2.05) is 31.4 Å². The molecule has 0 unspecified atom stereocenters. The monoisotopic (exact) mass is 484 g/mol.